The van der Waals surface area contributed by atoms with E-state index in [1.54, 1.807) is 0 Å². The molecule has 1 aliphatic heterocycles. The molecule has 3 heteroatoms. The van der Waals surface area contributed by atoms with E-state index in [2.05, 4.69) is 17.4 Å². The first-order valence-electron chi connectivity index (χ1n) is 7.23. The second kappa shape index (κ2) is 5.68. The van der Waals surface area contributed by atoms with Crippen LogP contribution in [0.5, 0.6) is 0 Å². The summed E-state index contributed by atoms with van der Waals surface area (Å²) in [6, 6.07) is 15.0. The molecule has 3 rings (SSSR count). The fourth-order valence-electron chi connectivity index (χ4n) is 3.15. The van der Waals surface area contributed by atoms with E-state index in [9.17, 15) is 9.18 Å². The minimum atomic E-state index is -0.229. The lowest BCUT2D eigenvalue weighted by Crippen LogP contribution is -2.30. The molecule has 2 aromatic rings. The molecular formula is C18H18FNO. The van der Waals surface area contributed by atoms with Gasteiger partial charge in [-0.25, -0.2) is 4.39 Å². The fraction of sp³-hybridized carbons (Fsp3) is 0.278. The van der Waals surface area contributed by atoms with E-state index in [1.165, 1.54) is 17.7 Å². The van der Waals surface area contributed by atoms with Crippen LogP contribution in [0.2, 0.25) is 0 Å². The van der Waals surface area contributed by atoms with Gasteiger partial charge < -0.3 is 5.32 Å². The van der Waals surface area contributed by atoms with Crippen LogP contribution in [-0.4, -0.2) is 11.9 Å². The summed E-state index contributed by atoms with van der Waals surface area (Å²) in [6.45, 7) is 1.90. The topological polar surface area (TPSA) is 29.1 Å². The number of carbonyl (C=O) groups is 1. The van der Waals surface area contributed by atoms with Crippen molar-refractivity contribution in [2.45, 2.75) is 31.7 Å². The van der Waals surface area contributed by atoms with Crippen LogP contribution in [0, 0.1) is 12.7 Å². The first-order chi connectivity index (χ1) is 10.1. The highest BCUT2D eigenvalue weighted by molar-refractivity contribution is 5.80. The van der Waals surface area contributed by atoms with Crippen LogP contribution >= 0.6 is 0 Å². The highest BCUT2D eigenvalue weighted by Crippen LogP contribution is 2.32. The monoisotopic (exact) mass is 283 g/mol. The van der Waals surface area contributed by atoms with Crippen molar-refractivity contribution >= 4 is 5.91 Å². The van der Waals surface area contributed by atoms with E-state index < -0.39 is 0 Å². The molecular weight excluding hydrogens is 265 g/mol. The van der Waals surface area contributed by atoms with Gasteiger partial charge >= 0.3 is 0 Å². The van der Waals surface area contributed by atoms with Crippen molar-refractivity contribution in [1.82, 2.24) is 5.32 Å². The van der Waals surface area contributed by atoms with Gasteiger partial charge in [0, 0.05) is 18.4 Å². The average Bonchev–Trinajstić information content (AvgIpc) is 2.80. The number of carbonyl (C=O) groups excluding carboxylic acids is 1. The molecule has 1 saturated heterocycles. The first kappa shape index (κ1) is 13.8. The third kappa shape index (κ3) is 2.97. The van der Waals surface area contributed by atoms with Crippen molar-refractivity contribution in [3.63, 3.8) is 0 Å². The van der Waals surface area contributed by atoms with E-state index in [0.29, 0.717) is 6.42 Å². The largest absolute Gasteiger partial charge is 0.352 e. The van der Waals surface area contributed by atoms with Gasteiger partial charge in [0.05, 0.1) is 0 Å². The molecule has 1 fully saturated rings. The van der Waals surface area contributed by atoms with Gasteiger partial charge in [-0.1, -0.05) is 36.4 Å². The Balaban J connectivity index is 1.87. The van der Waals surface area contributed by atoms with Crippen LogP contribution in [0.15, 0.2) is 48.5 Å². The van der Waals surface area contributed by atoms with Gasteiger partial charge in [-0.05, 0) is 42.2 Å². The molecule has 1 N–H and O–H groups in total. The number of aryl methyl sites for hydroxylation is 1. The molecule has 0 bridgehead atoms. The zero-order valence-corrected chi connectivity index (χ0v) is 12.0. The second-order valence-corrected chi connectivity index (χ2v) is 5.68. The van der Waals surface area contributed by atoms with Crippen LogP contribution < -0.4 is 5.32 Å². The van der Waals surface area contributed by atoms with E-state index in [4.69, 9.17) is 0 Å². The molecule has 1 heterocycles. The Kier molecular flexibility index (Phi) is 3.74. The summed E-state index contributed by atoms with van der Waals surface area (Å²) < 4.78 is 13.3. The third-order valence-electron chi connectivity index (χ3n) is 4.17. The molecule has 2 unspecified atom stereocenters. The summed E-state index contributed by atoms with van der Waals surface area (Å²) in [5.74, 6) is -0.0453. The predicted octanol–water partition coefficient (Wildman–Crippen LogP) is 3.35. The molecule has 2 atom stereocenters. The Morgan fingerprint density at radius 3 is 2.67 bits per heavy atom. The predicted molar refractivity (Wildman–Crippen MR) is 80.6 cm³/mol. The number of nitrogens with one attached hydrogen (secondary N) is 1. The van der Waals surface area contributed by atoms with Crippen LogP contribution in [0.1, 0.15) is 29.0 Å². The van der Waals surface area contributed by atoms with Crippen molar-refractivity contribution in [1.29, 1.82) is 0 Å². The summed E-state index contributed by atoms with van der Waals surface area (Å²) in [5, 5.41) is 3.06. The molecule has 0 saturated carbocycles. The van der Waals surface area contributed by atoms with Crippen LogP contribution in [-0.2, 0) is 11.2 Å². The maximum atomic E-state index is 13.3. The zero-order valence-electron chi connectivity index (χ0n) is 12.0. The molecule has 21 heavy (non-hydrogen) atoms. The van der Waals surface area contributed by atoms with Gasteiger partial charge in [0.25, 0.3) is 0 Å². The van der Waals surface area contributed by atoms with Gasteiger partial charge in [-0.3, -0.25) is 4.79 Å². The third-order valence-corrected chi connectivity index (χ3v) is 4.17. The first-order valence-corrected chi connectivity index (χ1v) is 7.23. The number of amides is 1. The summed E-state index contributed by atoms with van der Waals surface area (Å²) in [7, 11) is 0. The van der Waals surface area contributed by atoms with Gasteiger partial charge in [-0.15, -0.1) is 0 Å². The number of rotatable bonds is 3. The summed E-state index contributed by atoms with van der Waals surface area (Å²) >= 11 is 0. The molecule has 108 valence electrons. The molecule has 0 spiro atoms. The van der Waals surface area contributed by atoms with Gasteiger partial charge in [0.15, 0.2) is 0 Å². The second-order valence-electron chi connectivity index (χ2n) is 5.68. The lowest BCUT2D eigenvalue weighted by Gasteiger charge is -2.21. The molecule has 1 amide bonds. The van der Waals surface area contributed by atoms with E-state index in [0.717, 1.165) is 17.5 Å². The molecule has 1 aliphatic rings. The molecule has 2 aromatic carbocycles. The Morgan fingerprint density at radius 1 is 1.19 bits per heavy atom. The van der Waals surface area contributed by atoms with Crippen LogP contribution in [0.25, 0.3) is 0 Å². The summed E-state index contributed by atoms with van der Waals surface area (Å²) in [4.78, 5) is 11.8. The summed E-state index contributed by atoms with van der Waals surface area (Å²) in [6.07, 6.45) is 1.28. The van der Waals surface area contributed by atoms with Crippen molar-refractivity contribution in [2.24, 2.45) is 0 Å². The highest BCUT2D eigenvalue weighted by Gasteiger charge is 2.34. The van der Waals surface area contributed by atoms with Gasteiger partial charge in [0.1, 0.15) is 5.82 Å². The smallest absolute Gasteiger partial charge is 0.220 e. The molecule has 2 nitrogen and oxygen atoms in total. The van der Waals surface area contributed by atoms with E-state index >= 15 is 0 Å². The number of hydrogen-bond donors (Lipinski definition) is 1. The Bertz CT molecular complexity index is 654. The van der Waals surface area contributed by atoms with Gasteiger partial charge in [-0.2, -0.15) is 0 Å². The number of halogens is 1. The zero-order chi connectivity index (χ0) is 14.8. The Morgan fingerprint density at radius 2 is 1.95 bits per heavy atom. The molecule has 0 aromatic heterocycles. The van der Waals surface area contributed by atoms with Crippen molar-refractivity contribution in [3.8, 4) is 0 Å². The lowest BCUT2D eigenvalue weighted by molar-refractivity contribution is -0.119. The SMILES string of the molecule is Cc1cc(F)ccc1C1CC(=O)NC1Cc1ccccc1. The van der Waals surface area contributed by atoms with E-state index in [1.807, 2.05) is 31.2 Å². The quantitative estimate of drug-likeness (QED) is 0.919. The molecule has 0 radical (unpaired) electrons. The molecule has 0 aliphatic carbocycles. The van der Waals surface area contributed by atoms with Gasteiger partial charge in [0.2, 0.25) is 5.91 Å². The summed E-state index contributed by atoms with van der Waals surface area (Å²) in [5.41, 5.74) is 3.18. The standard InChI is InChI=1S/C18H18FNO/c1-12-9-14(19)7-8-15(12)16-11-18(21)20-17(16)10-13-5-3-2-4-6-13/h2-9,16-17H,10-11H2,1H3,(H,20,21). The lowest BCUT2D eigenvalue weighted by atomic mass is 9.86. The number of hydrogen-bond acceptors (Lipinski definition) is 1. The van der Waals surface area contributed by atoms with Crippen molar-refractivity contribution < 1.29 is 9.18 Å². The minimum absolute atomic E-state index is 0.0732. The van der Waals surface area contributed by atoms with Crippen molar-refractivity contribution in [2.75, 3.05) is 0 Å². The number of benzene rings is 2. The maximum Gasteiger partial charge on any atom is 0.220 e. The normalized spacial score (nSPS) is 21.3. The van der Waals surface area contributed by atoms with Crippen LogP contribution in [0.4, 0.5) is 4.39 Å². The minimum Gasteiger partial charge on any atom is -0.352 e. The maximum absolute atomic E-state index is 13.3. The Hall–Kier alpha value is -2.16. The Labute approximate surface area is 124 Å². The van der Waals surface area contributed by atoms with Crippen molar-refractivity contribution in [3.05, 3.63) is 71.0 Å². The van der Waals surface area contributed by atoms with E-state index in [-0.39, 0.29) is 23.7 Å². The van der Waals surface area contributed by atoms with Crippen LogP contribution in [0.3, 0.4) is 0 Å². The average molecular weight is 283 g/mol. The fourth-order valence-corrected chi connectivity index (χ4v) is 3.15. The highest BCUT2D eigenvalue weighted by atomic mass is 19.1.